The third kappa shape index (κ3) is 3.77. The molecule has 0 aliphatic rings. The Morgan fingerprint density at radius 1 is 1.04 bits per heavy atom. The topological polar surface area (TPSA) is 89.3 Å². The molecule has 0 aliphatic carbocycles. The molecule has 0 fully saturated rings. The van der Waals surface area contributed by atoms with Gasteiger partial charge in [-0.25, -0.2) is 8.42 Å². The lowest BCUT2D eigenvalue weighted by molar-refractivity contribution is 0.0953. The molecule has 6 nitrogen and oxygen atoms in total. The number of furan rings is 1. The van der Waals surface area contributed by atoms with Gasteiger partial charge >= 0.3 is 0 Å². The molecule has 0 bridgehead atoms. The number of nitrogens with one attached hydrogen (secondary N) is 1. The summed E-state index contributed by atoms with van der Waals surface area (Å²) in [5.41, 5.74) is 0.408. The van der Waals surface area contributed by atoms with Gasteiger partial charge in [-0.2, -0.15) is 0 Å². The predicted molar refractivity (Wildman–Crippen MR) is 91.6 cm³/mol. The summed E-state index contributed by atoms with van der Waals surface area (Å²) in [5, 5.41) is 1.64. The first-order valence-corrected chi connectivity index (χ1v) is 9.14. The Bertz CT molecular complexity index is 924. The van der Waals surface area contributed by atoms with Crippen molar-refractivity contribution in [3.05, 3.63) is 84.6 Å². The van der Waals surface area contributed by atoms with Crippen molar-refractivity contribution in [2.45, 2.75) is 10.1 Å². The Labute approximate surface area is 145 Å². The zero-order valence-electron chi connectivity index (χ0n) is 13.2. The lowest BCUT2D eigenvalue weighted by Crippen LogP contribution is -2.31. The summed E-state index contributed by atoms with van der Waals surface area (Å²) in [7, 11) is -3.72. The van der Waals surface area contributed by atoms with Crippen LogP contribution in [0.1, 0.15) is 21.4 Å². The van der Waals surface area contributed by atoms with Gasteiger partial charge in [0.1, 0.15) is 11.0 Å². The maximum absolute atomic E-state index is 13.0. The van der Waals surface area contributed by atoms with Gasteiger partial charge < -0.3 is 9.73 Å². The third-order valence-corrected chi connectivity index (χ3v) is 5.77. The van der Waals surface area contributed by atoms with Gasteiger partial charge in [-0.3, -0.25) is 9.78 Å². The van der Waals surface area contributed by atoms with Crippen molar-refractivity contribution in [3.63, 3.8) is 0 Å². The first-order chi connectivity index (χ1) is 12.1. The Morgan fingerprint density at radius 2 is 1.76 bits per heavy atom. The molecule has 0 saturated carbocycles. The second kappa shape index (κ2) is 7.31. The molecule has 1 aromatic carbocycles. The van der Waals surface area contributed by atoms with Crippen molar-refractivity contribution in [3.8, 4) is 0 Å². The van der Waals surface area contributed by atoms with E-state index in [1.165, 1.54) is 30.8 Å². The molecule has 0 spiro atoms. The van der Waals surface area contributed by atoms with Crippen molar-refractivity contribution in [2.24, 2.45) is 0 Å². The Kier molecular flexibility index (Phi) is 4.95. The fourth-order valence-electron chi connectivity index (χ4n) is 2.40. The molecule has 1 unspecified atom stereocenters. The summed E-state index contributed by atoms with van der Waals surface area (Å²) < 4.78 is 31.2. The lowest BCUT2D eigenvalue weighted by Gasteiger charge is -2.16. The molecule has 3 aromatic rings. The average molecular weight is 356 g/mol. The summed E-state index contributed by atoms with van der Waals surface area (Å²) in [6, 6.07) is 14.4. The van der Waals surface area contributed by atoms with Crippen LogP contribution in [0.4, 0.5) is 0 Å². The number of carbonyl (C=O) groups is 1. The van der Waals surface area contributed by atoms with Gasteiger partial charge in [-0.15, -0.1) is 0 Å². The molecule has 1 atom stereocenters. The van der Waals surface area contributed by atoms with E-state index >= 15 is 0 Å². The molecular weight excluding hydrogens is 340 g/mol. The molecule has 0 radical (unpaired) electrons. The predicted octanol–water partition coefficient (Wildman–Crippen LogP) is 2.62. The summed E-state index contributed by atoms with van der Waals surface area (Å²) in [6.07, 6.45) is 4.41. The summed E-state index contributed by atoms with van der Waals surface area (Å²) >= 11 is 0. The largest absolute Gasteiger partial charge is 0.468 e. The van der Waals surface area contributed by atoms with Crippen molar-refractivity contribution < 1.29 is 17.6 Å². The highest BCUT2D eigenvalue weighted by atomic mass is 32.2. The number of nitrogens with zero attached hydrogens (tertiary/aromatic N) is 1. The number of amides is 1. The summed E-state index contributed by atoms with van der Waals surface area (Å²) in [4.78, 5) is 16.2. The van der Waals surface area contributed by atoms with Gasteiger partial charge in [-0.1, -0.05) is 18.2 Å². The molecule has 7 heteroatoms. The molecule has 25 heavy (non-hydrogen) atoms. The summed E-state index contributed by atoms with van der Waals surface area (Å²) in [6.45, 7) is -0.105. The highest BCUT2D eigenvalue weighted by Crippen LogP contribution is 2.28. The maximum Gasteiger partial charge on any atom is 0.251 e. The van der Waals surface area contributed by atoms with E-state index in [-0.39, 0.29) is 23.1 Å². The number of carbonyl (C=O) groups excluding carboxylic acids is 1. The quantitative estimate of drug-likeness (QED) is 0.733. The number of pyridine rings is 1. The second-order valence-electron chi connectivity index (χ2n) is 5.31. The first-order valence-electron chi connectivity index (χ1n) is 7.59. The van der Waals surface area contributed by atoms with Crippen LogP contribution < -0.4 is 5.32 Å². The lowest BCUT2D eigenvalue weighted by atomic mass is 10.2. The van der Waals surface area contributed by atoms with Crippen LogP contribution in [-0.2, 0) is 9.84 Å². The Hall–Kier alpha value is -2.93. The molecule has 2 aromatic heterocycles. The number of sulfone groups is 1. The number of hydrogen-bond acceptors (Lipinski definition) is 5. The van der Waals surface area contributed by atoms with E-state index < -0.39 is 15.1 Å². The zero-order valence-corrected chi connectivity index (χ0v) is 14.0. The fourth-order valence-corrected chi connectivity index (χ4v) is 4.01. The SMILES string of the molecule is O=C(NCC(c1ccco1)S(=O)(=O)c1ccccc1)c1ccncc1. The van der Waals surface area contributed by atoms with E-state index in [9.17, 15) is 13.2 Å². The van der Waals surface area contributed by atoms with Crippen molar-refractivity contribution >= 4 is 15.7 Å². The van der Waals surface area contributed by atoms with E-state index in [1.807, 2.05) is 0 Å². The minimum atomic E-state index is -3.72. The average Bonchev–Trinajstić information content (AvgIpc) is 3.17. The smallest absolute Gasteiger partial charge is 0.251 e. The van der Waals surface area contributed by atoms with Crippen LogP contribution in [0, 0.1) is 0 Å². The Balaban J connectivity index is 1.86. The Morgan fingerprint density at radius 3 is 2.40 bits per heavy atom. The van der Waals surface area contributed by atoms with E-state index in [0.717, 1.165) is 0 Å². The molecule has 3 rings (SSSR count). The maximum atomic E-state index is 13.0. The minimum Gasteiger partial charge on any atom is -0.468 e. The van der Waals surface area contributed by atoms with Crippen LogP contribution in [0.3, 0.4) is 0 Å². The number of aromatic nitrogens is 1. The molecular formula is C18H16N2O4S. The van der Waals surface area contributed by atoms with Crippen LogP contribution in [0.25, 0.3) is 0 Å². The van der Waals surface area contributed by atoms with E-state index in [1.54, 1.807) is 42.5 Å². The molecule has 0 aliphatic heterocycles. The van der Waals surface area contributed by atoms with Crippen LogP contribution in [0.2, 0.25) is 0 Å². The standard InChI is InChI=1S/C18H16N2O4S/c21-18(14-8-10-19-11-9-14)20-13-17(16-7-4-12-24-16)25(22,23)15-5-2-1-3-6-15/h1-12,17H,13H2,(H,20,21). The molecule has 2 heterocycles. The van der Waals surface area contributed by atoms with E-state index in [2.05, 4.69) is 10.3 Å². The van der Waals surface area contributed by atoms with Gasteiger partial charge in [0.2, 0.25) is 0 Å². The van der Waals surface area contributed by atoms with Gasteiger partial charge in [0, 0.05) is 24.5 Å². The van der Waals surface area contributed by atoms with Gasteiger partial charge in [-0.05, 0) is 36.4 Å². The van der Waals surface area contributed by atoms with Crippen molar-refractivity contribution in [2.75, 3.05) is 6.54 Å². The second-order valence-corrected chi connectivity index (χ2v) is 7.44. The van der Waals surface area contributed by atoms with E-state index in [0.29, 0.717) is 5.56 Å². The highest BCUT2D eigenvalue weighted by molar-refractivity contribution is 7.91. The molecule has 1 amide bonds. The molecule has 128 valence electrons. The van der Waals surface area contributed by atoms with Crippen LogP contribution in [-0.4, -0.2) is 25.9 Å². The number of rotatable bonds is 6. The number of hydrogen-bond donors (Lipinski definition) is 1. The normalized spacial score (nSPS) is 12.5. The van der Waals surface area contributed by atoms with Crippen LogP contribution in [0.5, 0.6) is 0 Å². The fraction of sp³-hybridized carbons (Fsp3) is 0.111. The van der Waals surface area contributed by atoms with Gasteiger partial charge in [0.05, 0.1) is 11.2 Å². The number of benzene rings is 1. The minimum absolute atomic E-state index is 0.105. The summed E-state index contributed by atoms with van der Waals surface area (Å²) in [5.74, 6) is -0.0962. The van der Waals surface area contributed by atoms with Crippen LogP contribution >= 0.6 is 0 Å². The molecule has 0 saturated heterocycles. The third-order valence-electron chi connectivity index (χ3n) is 3.70. The van der Waals surface area contributed by atoms with Crippen molar-refractivity contribution in [1.29, 1.82) is 0 Å². The first kappa shape index (κ1) is 16.9. The van der Waals surface area contributed by atoms with Gasteiger partial charge in [0.15, 0.2) is 9.84 Å². The highest BCUT2D eigenvalue weighted by Gasteiger charge is 2.31. The van der Waals surface area contributed by atoms with E-state index in [4.69, 9.17) is 4.42 Å². The van der Waals surface area contributed by atoms with Crippen LogP contribution in [0.15, 0.2) is 82.6 Å². The zero-order chi connectivity index (χ0) is 17.7. The molecule has 1 N–H and O–H groups in total. The van der Waals surface area contributed by atoms with Crippen molar-refractivity contribution in [1.82, 2.24) is 10.3 Å². The van der Waals surface area contributed by atoms with Gasteiger partial charge in [0.25, 0.3) is 5.91 Å². The monoisotopic (exact) mass is 356 g/mol.